The van der Waals surface area contributed by atoms with Gasteiger partial charge >= 0.3 is 5.97 Å². The van der Waals surface area contributed by atoms with Crippen molar-refractivity contribution in [3.63, 3.8) is 0 Å². The predicted molar refractivity (Wildman–Crippen MR) is 82.0 cm³/mol. The second-order valence-corrected chi connectivity index (χ2v) is 6.36. The van der Waals surface area contributed by atoms with Gasteiger partial charge in [0.1, 0.15) is 5.92 Å². The number of carbonyl (C=O) groups excluding carboxylic acids is 1. The van der Waals surface area contributed by atoms with E-state index < -0.39 is 11.9 Å². The Bertz CT molecular complexity index is 565. The fourth-order valence-corrected chi connectivity index (χ4v) is 3.26. The van der Waals surface area contributed by atoms with Crippen LogP contribution in [0, 0.1) is 28.6 Å². The van der Waals surface area contributed by atoms with Crippen LogP contribution in [0.15, 0.2) is 22.1 Å². The van der Waals surface area contributed by atoms with Gasteiger partial charge in [0, 0.05) is 21.7 Å². The number of aromatic nitrogens is 1. The molecule has 0 atom stereocenters. The van der Waals surface area contributed by atoms with Crippen LogP contribution in [0.3, 0.4) is 0 Å². The molecular weight excluding hydrogens is 306 g/mol. The van der Waals surface area contributed by atoms with Crippen LogP contribution in [0.2, 0.25) is 0 Å². The van der Waals surface area contributed by atoms with Crippen molar-refractivity contribution in [3.05, 3.63) is 18.0 Å². The first kappa shape index (κ1) is 17.4. The summed E-state index contributed by atoms with van der Waals surface area (Å²) < 4.78 is 4.71. The number of thioether (sulfide) groups is 2. The van der Waals surface area contributed by atoms with E-state index in [0.29, 0.717) is 17.9 Å². The Balaban J connectivity index is 2.77. The molecule has 0 fully saturated rings. The molecule has 0 aromatic carbocycles. The zero-order valence-electron chi connectivity index (χ0n) is 11.8. The third kappa shape index (κ3) is 5.30. The van der Waals surface area contributed by atoms with Gasteiger partial charge < -0.3 is 4.74 Å². The Kier molecular flexibility index (Phi) is 7.66. The number of esters is 1. The summed E-state index contributed by atoms with van der Waals surface area (Å²) in [5, 5.41) is 17.4. The third-order valence-electron chi connectivity index (χ3n) is 2.49. The summed E-state index contributed by atoms with van der Waals surface area (Å²) in [6.45, 7) is 2.00. The van der Waals surface area contributed by atoms with E-state index in [1.807, 2.05) is 25.1 Å². The van der Waals surface area contributed by atoms with Crippen LogP contribution in [-0.4, -0.2) is 29.6 Å². The summed E-state index contributed by atoms with van der Waals surface area (Å²) in [6, 6.07) is 5.79. The van der Waals surface area contributed by atoms with E-state index >= 15 is 0 Å². The van der Waals surface area contributed by atoms with Gasteiger partial charge in [-0.3, -0.25) is 0 Å². The number of nitriles is 2. The van der Waals surface area contributed by atoms with Gasteiger partial charge in [-0.2, -0.15) is 10.5 Å². The molecule has 1 aromatic heterocycles. The van der Waals surface area contributed by atoms with Gasteiger partial charge in [0.25, 0.3) is 0 Å². The van der Waals surface area contributed by atoms with Crippen molar-refractivity contribution in [3.8, 4) is 12.1 Å². The Morgan fingerprint density at radius 3 is 2.71 bits per heavy atom. The number of methoxy groups -OCH3 is 1. The first-order valence-corrected chi connectivity index (χ1v) is 8.26. The SMILES string of the molecule is CCSc1cc(SCCC(C#N)C#N)cnc1C(=O)OC. The van der Waals surface area contributed by atoms with Gasteiger partial charge in [-0.25, -0.2) is 9.78 Å². The minimum absolute atomic E-state index is 0.320. The minimum Gasteiger partial charge on any atom is -0.464 e. The molecule has 1 aromatic rings. The van der Waals surface area contributed by atoms with Crippen LogP contribution in [0.5, 0.6) is 0 Å². The highest BCUT2D eigenvalue weighted by Gasteiger charge is 2.15. The van der Waals surface area contributed by atoms with E-state index in [0.717, 1.165) is 15.5 Å². The van der Waals surface area contributed by atoms with Crippen molar-refractivity contribution in [2.45, 2.75) is 23.1 Å². The molecule has 0 N–H and O–H groups in total. The maximum atomic E-state index is 11.6. The lowest BCUT2D eigenvalue weighted by atomic mass is 10.1. The Morgan fingerprint density at radius 1 is 1.43 bits per heavy atom. The zero-order chi connectivity index (χ0) is 15.7. The summed E-state index contributed by atoms with van der Waals surface area (Å²) in [6.07, 6.45) is 2.12. The number of carbonyl (C=O) groups is 1. The highest BCUT2D eigenvalue weighted by molar-refractivity contribution is 8.00. The third-order valence-corrected chi connectivity index (χ3v) is 4.40. The fourth-order valence-electron chi connectivity index (χ4n) is 1.47. The molecule has 5 nitrogen and oxygen atoms in total. The Labute approximate surface area is 132 Å². The summed E-state index contributed by atoms with van der Waals surface area (Å²) in [5.74, 6) is 0.451. The number of hydrogen-bond acceptors (Lipinski definition) is 7. The molecule has 0 saturated carbocycles. The van der Waals surface area contributed by atoms with Crippen LogP contribution in [0.25, 0.3) is 0 Å². The molecule has 7 heteroatoms. The van der Waals surface area contributed by atoms with Crippen molar-refractivity contribution in [2.24, 2.45) is 5.92 Å². The molecular formula is C14H15N3O2S2. The fraction of sp³-hybridized carbons (Fsp3) is 0.429. The second-order valence-electron chi connectivity index (χ2n) is 3.89. The van der Waals surface area contributed by atoms with Crippen LogP contribution < -0.4 is 0 Å². The lowest BCUT2D eigenvalue weighted by molar-refractivity contribution is 0.0589. The normalized spacial score (nSPS) is 9.95. The van der Waals surface area contributed by atoms with Crippen LogP contribution in [0.1, 0.15) is 23.8 Å². The van der Waals surface area contributed by atoms with Crippen LogP contribution in [0.4, 0.5) is 0 Å². The summed E-state index contributed by atoms with van der Waals surface area (Å²) in [5.41, 5.74) is 0.320. The predicted octanol–water partition coefficient (Wildman–Crippen LogP) is 3.13. The maximum absolute atomic E-state index is 11.6. The molecule has 0 aliphatic carbocycles. The van der Waals surface area contributed by atoms with Crippen LogP contribution in [-0.2, 0) is 4.74 Å². The molecule has 0 saturated heterocycles. The standard InChI is InChI=1S/C14H15N3O2S2/c1-3-20-12-6-11(9-17-13(12)14(18)19-2)21-5-4-10(7-15)8-16/h6,9-10H,3-5H2,1-2H3. The van der Waals surface area contributed by atoms with Crippen LogP contribution >= 0.6 is 23.5 Å². The number of nitrogens with zero attached hydrogens (tertiary/aromatic N) is 3. The largest absolute Gasteiger partial charge is 0.464 e. The van der Waals surface area contributed by atoms with Crippen molar-refractivity contribution in [1.29, 1.82) is 10.5 Å². The molecule has 1 rings (SSSR count). The van der Waals surface area contributed by atoms with E-state index in [9.17, 15) is 4.79 Å². The van der Waals surface area contributed by atoms with E-state index in [-0.39, 0.29) is 0 Å². The first-order valence-electron chi connectivity index (χ1n) is 6.29. The highest BCUT2D eigenvalue weighted by Crippen LogP contribution is 2.28. The quantitative estimate of drug-likeness (QED) is 0.563. The van der Waals surface area contributed by atoms with Crippen molar-refractivity contribution in [1.82, 2.24) is 4.98 Å². The molecule has 0 aliphatic rings. The first-order chi connectivity index (χ1) is 10.2. The Hall–Kier alpha value is -1.70. The lowest BCUT2D eigenvalue weighted by Gasteiger charge is -2.08. The Morgan fingerprint density at radius 2 is 2.14 bits per heavy atom. The van der Waals surface area contributed by atoms with Gasteiger partial charge in [0.2, 0.25) is 0 Å². The van der Waals surface area contributed by atoms with E-state index in [1.54, 1.807) is 6.20 Å². The average Bonchev–Trinajstić information content (AvgIpc) is 2.51. The van der Waals surface area contributed by atoms with Crippen molar-refractivity contribution in [2.75, 3.05) is 18.6 Å². The lowest BCUT2D eigenvalue weighted by Crippen LogP contribution is -2.06. The van der Waals surface area contributed by atoms with Gasteiger partial charge in [0.15, 0.2) is 5.69 Å². The number of ether oxygens (including phenoxy) is 1. The second kappa shape index (κ2) is 9.28. The topological polar surface area (TPSA) is 86.8 Å². The molecule has 0 bridgehead atoms. The maximum Gasteiger partial charge on any atom is 0.357 e. The molecule has 21 heavy (non-hydrogen) atoms. The number of pyridine rings is 1. The minimum atomic E-state index is -0.579. The van der Waals surface area contributed by atoms with Crippen molar-refractivity contribution < 1.29 is 9.53 Å². The summed E-state index contributed by atoms with van der Waals surface area (Å²) >= 11 is 3.04. The van der Waals surface area contributed by atoms with Gasteiger partial charge in [0.05, 0.1) is 19.2 Å². The van der Waals surface area contributed by atoms with Gasteiger partial charge in [-0.15, -0.1) is 23.5 Å². The number of hydrogen-bond donors (Lipinski definition) is 0. The van der Waals surface area contributed by atoms with E-state index in [4.69, 9.17) is 15.3 Å². The molecule has 110 valence electrons. The zero-order valence-corrected chi connectivity index (χ0v) is 13.5. The molecule has 0 spiro atoms. The molecule has 0 amide bonds. The molecule has 0 radical (unpaired) electrons. The highest BCUT2D eigenvalue weighted by atomic mass is 32.2. The van der Waals surface area contributed by atoms with Crippen molar-refractivity contribution >= 4 is 29.5 Å². The molecule has 0 aliphatic heterocycles. The van der Waals surface area contributed by atoms with Gasteiger partial charge in [-0.1, -0.05) is 6.92 Å². The molecule has 0 unspecified atom stereocenters. The molecule has 1 heterocycles. The monoisotopic (exact) mass is 321 g/mol. The summed E-state index contributed by atoms with van der Waals surface area (Å²) in [4.78, 5) is 17.5. The average molecular weight is 321 g/mol. The number of rotatable bonds is 7. The smallest absolute Gasteiger partial charge is 0.357 e. The van der Waals surface area contributed by atoms with E-state index in [2.05, 4.69) is 4.98 Å². The van der Waals surface area contributed by atoms with E-state index in [1.165, 1.54) is 30.6 Å². The van der Waals surface area contributed by atoms with Gasteiger partial charge in [-0.05, 0) is 18.2 Å². The summed E-state index contributed by atoms with van der Waals surface area (Å²) in [7, 11) is 1.33.